The molecule has 2 heteroatoms. The Morgan fingerprint density at radius 1 is 1.40 bits per heavy atom. The molecule has 0 aliphatic heterocycles. The first-order valence-electron chi connectivity index (χ1n) is 6.00. The van der Waals surface area contributed by atoms with Crippen LogP contribution < -0.4 is 0 Å². The van der Waals surface area contributed by atoms with Crippen LogP contribution in [0.4, 0.5) is 0 Å². The first-order chi connectivity index (χ1) is 7.20. The van der Waals surface area contributed by atoms with Gasteiger partial charge in [-0.25, -0.2) is 0 Å². The molecule has 86 valence electrons. The van der Waals surface area contributed by atoms with Crippen molar-refractivity contribution in [3.8, 4) is 0 Å². The number of hydrogen-bond donors (Lipinski definition) is 0. The van der Waals surface area contributed by atoms with Crippen molar-refractivity contribution in [3.05, 3.63) is 11.6 Å². The minimum Gasteiger partial charge on any atom is -0.294 e. The standard InChI is InChI=1S/C13H22OS/c1-11(2)9-15-10-13(14)12-7-5-3-4-6-8-12/h7,11H,3-6,8-10H2,1-2H3. The SMILES string of the molecule is CC(C)CSCC(=O)C1=CCCCCC1. The molecule has 1 aliphatic rings. The van der Waals surface area contributed by atoms with E-state index in [0.717, 1.165) is 24.2 Å². The second-order valence-electron chi connectivity index (χ2n) is 4.66. The first-order valence-corrected chi connectivity index (χ1v) is 7.15. The summed E-state index contributed by atoms with van der Waals surface area (Å²) in [5.41, 5.74) is 1.10. The predicted molar refractivity (Wildman–Crippen MR) is 68.3 cm³/mol. The van der Waals surface area contributed by atoms with Gasteiger partial charge < -0.3 is 0 Å². The summed E-state index contributed by atoms with van der Waals surface area (Å²) in [6.07, 6.45) is 8.04. The number of Topliss-reactive ketones (excluding diaryl/α,β-unsaturated/α-hetero) is 1. The highest BCUT2D eigenvalue weighted by molar-refractivity contribution is 7.99. The van der Waals surface area contributed by atoms with Gasteiger partial charge in [-0.1, -0.05) is 26.3 Å². The fraction of sp³-hybridized carbons (Fsp3) is 0.769. The average Bonchev–Trinajstić information content (AvgIpc) is 2.44. The van der Waals surface area contributed by atoms with Crippen LogP contribution in [0.15, 0.2) is 11.6 Å². The highest BCUT2D eigenvalue weighted by Crippen LogP contribution is 2.19. The molecule has 0 bridgehead atoms. The van der Waals surface area contributed by atoms with E-state index in [9.17, 15) is 4.79 Å². The topological polar surface area (TPSA) is 17.1 Å². The van der Waals surface area contributed by atoms with Crippen LogP contribution in [0.25, 0.3) is 0 Å². The van der Waals surface area contributed by atoms with Gasteiger partial charge in [-0.05, 0) is 42.9 Å². The van der Waals surface area contributed by atoms with E-state index < -0.39 is 0 Å². The van der Waals surface area contributed by atoms with Gasteiger partial charge in [0, 0.05) is 0 Å². The molecule has 0 aromatic carbocycles. The Hall–Kier alpha value is -0.240. The van der Waals surface area contributed by atoms with E-state index in [0.29, 0.717) is 17.5 Å². The highest BCUT2D eigenvalue weighted by Gasteiger charge is 2.11. The van der Waals surface area contributed by atoms with E-state index in [4.69, 9.17) is 0 Å². The van der Waals surface area contributed by atoms with E-state index in [1.165, 1.54) is 19.3 Å². The lowest BCUT2D eigenvalue weighted by molar-refractivity contribution is -0.113. The van der Waals surface area contributed by atoms with Gasteiger partial charge in [-0.2, -0.15) is 11.8 Å². The molecule has 15 heavy (non-hydrogen) atoms. The largest absolute Gasteiger partial charge is 0.294 e. The molecule has 0 saturated carbocycles. The maximum absolute atomic E-state index is 11.8. The Morgan fingerprint density at radius 3 is 2.93 bits per heavy atom. The summed E-state index contributed by atoms with van der Waals surface area (Å²) in [5.74, 6) is 2.84. The molecule has 0 fully saturated rings. The van der Waals surface area contributed by atoms with Crippen LogP contribution in [0.3, 0.4) is 0 Å². The van der Waals surface area contributed by atoms with Crippen molar-refractivity contribution in [2.45, 2.75) is 46.0 Å². The minimum absolute atomic E-state index is 0.377. The quantitative estimate of drug-likeness (QED) is 0.708. The van der Waals surface area contributed by atoms with Gasteiger partial charge in [0.05, 0.1) is 5.75 Å². The molecule has 1 nitrogen and oxygen atoms in total. The van der Waals surface area contributed by atoms with Crippen molar-refractivity contribution >= 4 is 17.5 Å². The molecule has 0 spiro atoms. The first kappa shape index (κ1) is 12.8. The van der Waals surface area contributed by atoms with E-state index >= 15 is 0 Å². The number of rotatable bonds is 5. The predicted octanol–water partition coefficient (Wildman–Crippen LogP) is 3.84. The van der Waals surface area contributed by atoms with Crippen molar-refractivity contribution in [2.75, 3.05) is 11.5 Å². The summed E-state index contributed by atoms with van der Waals surface area (Å²) in [6, 6.07) is 0. The van der Waals surface area contributed by atoms with Crippen molar-refractivity contribution in [3.63, 3.8) is 0 Å². The van der Waals surface area contributed by atoms with Gasteiger partial charge in [-0.15, -0.1) is 0 Å². The second-order valence-corrected chi connectivity index (χ2v) is 5.69. The average molecular weight is 226 g/mol. The molecule has 0 saturated heterocycles. The van der Waals surface area contributed by atoms with Crippen molar-refractivity contribution in [1.29, 1.82) is 0 Å². The van der Waals surface area contributed by atoms with Crippen LogP contribution in [-0.2, 0) is 4.79 Å². The van der Waals surface area contributed by atoms with Gasteiger partial charge in [0.1, 0.15) is 0 Å². The number of thioether (sulfide) groups is 1. The molecule has 0 amide bonds. The molecule has 0 N–H and O–H groups in total. The molecule has 0 heterocycles. The zero-order valence-electron chi connectivity index (χ0n) is 9.92. The Bertz CT molecular complexity index is 231. The third kappa shape index (κ3) is 5.41. The van der Waals surface area contributed by atoms with E-state index in [2.05, 4.69) is 19.9 Å². The Labute approximate surface area is 97.7 Å². The summed E-state index contributed by atoms with van der Waals surface area (Å²) >= 11 is 1.78. The fourth-order valence-corrected chi connectivity index (χ4v) is 2.71. The number of allylic oxidation sites excluding steroid dienone is 2. The van der Waals surface area contributed by atoms with Crippen molar-refractivity contribution in [2.24, 2.45) is 5.92 Å². The van der Waals surface area contributed by atoms with Crippen LogP contribution in [0.1, 0.15) is 46.0 Å². The Kier molecular flexibility index (Phi) is 6.07. The lowest BCUT2D eigenvalue weighted by atomic mass is 10.1. The maximum atomic E-state index is 11.8. The molecule has 0 atom stereocenters. The minimum atomic E-state index is 0.377. The van der Waals surface area contributed by atoms with Crippen LogP contribution in [0.2, 0.25) is 0 Å². The molecule has 0 unspecified atom stereocenters. The summed E-state index contributed by atoms with van der Waals surface area (Å²) in [7, 11) is 0. The van der Waals surface area contributed by atoms with Gasteiger partial charge in [-0.3, -0.25) is 4.79 Å². The van der Waals surface area contributed by atoms with Gasteiger partial charge >= 0.3 is 0 Å². The van der Waals surface area contributed by atoms with Gasteiger partial charge in [0.2, 0.25) is 0 Å². The lowest BCUT2D eigenvalue weighted by Gasteiger charge is -2.06. The zero-order valence-corrected chi connectivity index (χ0v) is 10.7. The molecule has 0 radical (unpaired) electrons. The Balaban J connectivity index is 2.29. The molecule has 1 rings (SSSR count). The van der Waals surface area contributed by atoms with Gasteiger partial charge in [0.15, 0.2) is 5.78 Å². The summed E-state index contributed by atoms with van der Waals surface area (Å²) < 4.78 is 0. The lowest BCUT2D eigenvalue weighted by Crippen LogP contribution is -2.07. The third-order valence-corrected chi connectivity index (χ3v) is 3.95. The third-order valence-electron chi connectivity index (χ3n) is 2.58. The summed E-state index contributed by atoms with van der Waals surface area (Å²) in [6.45, 7) is 4.39. The normalized spacial score (nSPS) is 17.4. The summed E-state index contributed by atoms with van der Waals surface area (Å²) in [4.78, 5) is 11.8. The monoisotopic (exact) mass is 226 g/mol. The van der Waals surface area contributed by atoms with Crippen molar-refractivity contribution in [1.82, 2.24) is 0 Å². The van der Waals surface area contributed by atoms with Crippen LogP contribution >= 0.6 is 11.8 Å². The van der Waals surface area contributed by atoms with Crippen LogP contribution in [-0.4, -0.2) is 17.3 Å². The number of ketones is 1. The van der Waals surface area contributed by atoms with Gasteiger partial charge in [0.25, 0.3) is 0 Å². The van der Waals surface area contributed by atoms with E-state index in [-0.39, 0.29) is 0 Å². The number of hydrogen-bond acceptors (Lipinski definition) is 2. The van der Waals surface area contributed by atoms with Crippen LogP contribution in [0, 0.1) is 5.92 Å². The van der Waals surface area contributed by atoms with Crippen molar-refractivity contribution < 1.29 is 4.79 Å². The molecule has 1 aliphatic carbocycles. The molecular formula is C13H22OS. The fourth-order valence-electron chi connectivity index (χ4n) is 1.75. The second kappa shape index (κ2) is 7.10. The maximum Gasteiger partial charge on any atom is 0.168 e. The number of carbonyl (C=O) groups excluding carboxylic acids is 1. The Morgan fingerprint density at radius 2 is 2.20 bits per heavy atom. The molecule has 0 aromatic heterocycles. The summed E-state index contributed by atoms with van der Waals surface area (Å²) in [5, 5.41) is 0. The van der Waals surface area contributed by atoms with Crippen LogP contribution in [0.5, 0.6) is 0 Å². The molecule has 0 aromatic rings. The zero-order chi connectivity index (χ0) is 11.1. The van der Waals surface area contributed by atoms with E-state index in [1.54, 1.807) is 11.8 Å². The number of carbonyl (C=O) groups is 1. The smallest absolute Gasteiger partial charge is 0.168 e. The molecular weight excluding hydrogens is 204 g/mol. The van der Waals surface area contributed by atoms with E-state index in [1.807, 2.05) is 0 Å². The highest BCUT2D eigenvalue weighted by atomic mass is 32.2.